The topological polar surface area (TPSA) is 198 Å². The van der Waals surface area contributed by atoms with Crippen molar-refractivity contribution in [3.63, 3.8) is 0 Å². The summed E-state index contributed by atoms with van der Waals surface area (Å²) in [6, 6.07) is -1.31. The van der Waals surface area contributed by atoms with Crippen LogP contribution in [-0.4, -0.2) is 98.9 Å². The zero-order valence-electron chi connectivity index (χ0n) is 26.4. The van der Waals surface area contributed by atoms with Crippen LogP contribution in [0.3, 0.4) is 0 Å². The second-order valence-corrected chi connectivity index (χ2v) is 10.7. The van der Waals surface area contributed by atoms with Crippen molar-refractivity contribution >= 4 is 44.4 Å². The summed E-state index contributed by atoms with van der Waals surface area (Å²) in [5.41, 5.74) is 0. The molecule has 1 heterocycles. The summed E-state index contributed by atoms with van der Waals surface area (Å²) in [4.78, 5) is 75.0. The third-order valence-corrected chi connectivity index (χ3v) is 7.28. The number of esters is 5. The molecule has 252 valence electrons. The molecule has 1 N–H and O–H groups in total. The number of hydrogen-bond donors (Lipinski definition) is 1. The zero-order chi connectivity index (χ0) is 33.4. The SMILES string of the molecule is CCCCC(=O)N[C@H]1[C@H]([C@H](OC(C)=O)[C@@H](COC(C)=O)OC(C)=O)O[C@](OP(OCC)OCC)(C(=O)OC)C[C@@H]1OC(C)=O. The highest BCUT2D eigenvalue weighted by atomic mass is 31.2. The molecule has 44 heavy (non-hydrogen) atoms. The molecule has 0 radical (unpaired) electrons. The molecule has 0 bridgehead atoms. The van der Waals surface area contributed by atoms with Crippen molar-refractivity contribution in [2.45, 2.75) is 110 Å². The van der Waals surface area contributed by atoms with Crippen LogP contribution in [0.5, 0.6) is 0 Å². The average molecular weight is 654 g/mol. The van der Waals surface area contributed by atoms with Gasteiger partial charge >= 0.3 is 38.4 Å². The molecule has 6 atom stereocenters. The maximum absolute atomic E-state index is 13.4. The summed E-state index contributed by atoms with van der Waals surface area (Å²) in [7, 11) is -1.21. The summed E-state index contributed by atoms with van der Waals surface area (Å²) in [5.74, 6) is -7.28. The molecule has 16 nitrogen and oxygen atoms in total. The van der Waals surface area contributed by atoms with Gasteiger partial charge in [0.25, 0.3) is 5.79 Å². The van der Waals surface area contributed by atoms with Gasteiger partial charge in [-0.1, -0.05) is 13.3 Å². The highest BCUT2D eigenvalue weighted by Gasteiger charge is 2.60. The van der Waals surface area contributed by atoms with Crippen LogP contribution >= 0.6 is 8.60 Å². The number of rotatable bonds is 18. The Morgan fingerprint density at radius 3 is 2.00 bits per heavy atom. The Hall–Kier alpha value is -2.91. The van der Waals surface area contributed by atoms with Crippen LogP contribution in [-0.2, 0) is 70.8 Å². The smallest absolute Gasteiger partial charge is 0.367 e. The third-order valence-electron chi connectivity index (χ3n) is 5.90. The predicted octanol–water partition coefficient (Wildman–Crippen LogP) is 1.99. The van der Waals surface area contributed by atoms with Gasteiger partial charge in [-0.15, -0.1) is 0 Å². The molecular weight excluding hydrogens is 609 g/mol. The Bertz CT molecular complexity index is 988. The molecule has 0 aromatic heterocycles. The second kappa shape index (κ2) is 19.5. The van der Waals surface area contributed by atoms with E-state index in [4.69, 9.17) is 42.0 Å². The van der Waals surface area contributed by atoms with Crippen molar-refractivity contribution < 1.29 is 70.8 Å². The number of nitrogens with one attached hydrogen (secondary N) is 1. The minimum Gasteiger partial charge on any atom is -0.465 e. The van der Waals surface area contributed by atoms with E-state index in [-0.39, 0.29) is 19.6 Å². The quantitative estimate of drug-likeness (QED) is 0.128. The molecule has 0 aromatic rings. The fourth-order valence-corrected chi connectivity index (χ4v) is 5.31. The molecule has 0 spiro atoms. The molecule has 0 aliphatic carbocycles. The van der Waals surface area contributed by atoms with E-state index in [0.29, 0.717) is 12.8 Å². The number of ether oxygens (including phenoxy) is 6. The van der Waals surface area contributed by atoms with E-state index in [1.54, 1.807) is 13.8 Å². The van der Waals surface area contributed by atoms with Crippen LogP contribution in [0.15, 0.2) is 0 Å². The molecule has 1 rings (SSSR count). The summed E-state index contributed by atoms with van der Waals surface area (Å²) >= 11 is 0. The van der Waals surface area contributed by atoms with E-state index in [1.165, 1.54) is 0 Å². The first-order valence-corrected chi connectivity index (χ1v) is 15.3. The van der Waals surface area contributed by atoms with Crippen molar-refractivity contribution in [2.75, 3.05) is 26.9 Å². The molecule has 1 saturated heterocycles. The van der Waals surface area contributed by atoms with E-state index in [9.17, 15) is 28.8 Å². The predicted molar refractivity (Wildman–Crippen MR) is 150 cm³/mol. The van der Waals surface area contributed by atoms with Gasteiger partial charge in [0.2, 0.25) is 5.91 Å². The molecule has 1 aliphatic rings. The van der Waals surface area contributed by atoms with Gasteiger partial charge in [-0.25, -0.2) is 4.79 Å². The van der Waals surface area contributed by atoms with Gasteiger partial charge in [0.1, 0.15) is 18.8 Å². The number of carbonyl (C=O) groups excluding carboxylic acids is 6. The number of amides is 1. The van der Waals surface area contributed by atoms with Crippen LogP contribution in [0, 0.1) is 0 Å². The summed E-state index contributed by atoms with van der Waals surface area (Å²) in [6.45, 7) is 9.16. The lowest BCUT2D eigenvalue weighted by atomic mass is 9.88. The Balaban J connectivity index is 3.95. The third kappa shape index (κ3) is 12.6. The van der Waals surface area contributed by atoms with Crippen molar-refractivity contribution in [1.29, 1.82) is 0 Å². The zero-order valence-corrected chi connectivity index (χ0v) is 27.3. The first kappa shape index (κ1) is 39.1. The van der Waals surface area contributed by atoms with Gasteiger partial charge in [0.15, 0.2) is 12.2 Å². The van der Waals surface area contributed by atoms with Gasteiger partial charge in [-0.3, -0.25) is 28.5 Å². The van der Waals surface area contributed by atoms with Crippen molar-refractivity contribution in [1.82, 2.24) is 5.32 Å². The lowest BCUT2D eigenvalue weighted by Gasteiger charge is -2.48. The Kier molecular flexibility index (Phi) is 17.3. The van der Waals surface area contributed by atoms with E-state index >= 15 is 0 Å². The maximum Gasteiger partial charge on any atom is 0.367 e. The average Bonchev–Trinajstić information content (AvgIpc) is 2.93. The minimum absolute atomic E-state index is 0.0736. The molecular formula is C27H44NO15P. The standard InChI is InChI=1S/C27H44NO15P/c1-9-12-13-22(33)28-23-20(39-17(5)30)14-27(26(34)35-8,43-44(37-10-2)38-11-3)42-25(23)24(41-19(7)32)21(40-18(6)31)15-36-16(4)29/h20-21,23-25H,9-15H2,1-8H3,(H,28,33)/t20-,21+,23+,24+,25+,27+/m0/s1. The van der Waals surface area contributed by atoms with Crippen LogP contribution in [0.1, 0.15) is 74.1 Å². The van der Waals surface area contributed by atoms with E-state index in [0.717, 1.165) is 34.8 Å². The fraction of sp³-hybridized carbons (Fsp3) is 0.778. The number of unbranched alkanes of at least 4 members (excludes halogenated alkanes) is 1. The maximum atomic E-state index is 13.4. The monoisotopic (exact) mass is 653 g/mol. The summed E-state index contributed by atoms with van der Waals surface area (Å²) in [5, 5.41) is 2.74. The number of carbonyl (C=O) groups is 6. The van der Waals surface area contributed by atoms with Gasteiger partial charge in [-0.2, -0.15) is 0 Å². The molecule has 17 heteroatoms. The van der Waals surface area contributed by atoms with Crippen LogP contribution in [0.25, 0.3) is 0 Å². The highest BCUT2D eigenvalue weighted by Crippen LogP contribution is 2.49. The largest absolute Gasteiger partial charge is 0.465 e. The normalized spacial score (nSPS) is 22.7. The van der Waals surface area contributed by atoms with Crippen molar-refractivity contribution in [2.24, 2.45) is 0 Å². The highest BCUT2D eigenvalue weighted by molar-refractivity contribution is 7.41. The minimum atomic E-state index is -2.42. The van der Waals surface area contributed by atoms with Crippen LogP contribution in [0.4, 0.5) is 0 Å². The van der Waals surface area contributed by atoms with E-state index in [1.807, 2.05) is 6.92 Å². The first-order chi connectivity index (χ1) is 20.7. The van der Waals surface area contributed by atoms with Gasteiger partial charge in [-0.05, 0) is 20.3 Å². The number of hydrogen-bond acceptors (Lipinski definition) is 15. The van der Waals surface area contributed by atoms with Crippen LogP contribution in [0.2, 0.25) is 0 Å². The van der Waals surface area contributed by atoms with Gasteiger partial charge in [0.05, 0.1) is 32.8 Å². The molecule has 0 aromatic carbocycles. The van der Waals surface area contributed by atoms with E-state index < -0.39 is 93.6 Å². The molecule has 0 unspecified atom stereocenters. The van der Waals surface area contributed by atoms with Gasteiger partial charge in [0, 0.05) is 34.1 Å². The Morgan fingerprint density at radius 2 is 1.52 bits per heavy atom. The lowest BCUT2D eigenvalue weighted by Crippen LogP contribution is -2.69. The van der Waals surface area contributed by atoms with Crippen molar-refractivity contribution in [3.05, 3.63) is 0 Å². The fourth-order valence-electron chi connectivity index (χ4n) is 4.27. The second-order valence-electron chi connectivity index (χ2n) is 9.55. The van der Waals surface area contributed by atoms with Crippen molar-refractivity contribution in [3.8, 4) is 0 Å². The molecule has 1 amide bonds. The molecule has 1 aliphatic heterocycles. The summed E-state index contributed by atoms with van der Waals surface area (Å²) < 4.78 is 49.9. The number of methoxy groups -OCH3 is 1. The van der Waals surface area contributed by atoms with E-state index in [2.05, 4.69) is 5.32 Å². The summed E-state index contributed by atoms with van der Waals surface area (Å²) in [6.07, 6.45) is -5.43. The Morgan fingerprint density at radius 1 is 0.909 bits per heavy atom. The van der Waals surface area contributed by atoms with Crippen LogP contribution < -0.4 is 5.32 Å². The van der Waals surface area contributed by atoms with Gasteiger partial charge < -0.3 is 42.8 Å². The first-order valence-electron chi connectivity index (χ1n) is 14.2. The molecule has 0 saturated carbocycles. The lowest BCUT2D eigenvalue weighted by molar-refractivity contribution is -0.291. The Labute approximate surface area is 258 Å². The molecule has 1 fully saturated rings.